The highest BCUT2D eigenvalue weighted by Gasteiger charge is 2.12. The van der Waals surface area contributed by atoms with Crippen LogP contribution in [0.5, 0.6) is 0 Å². The highest BCUT2D eigenvalue weighted by atomic mass is 127. The largest absolute Gasteiger partial charge is 0.356 e. The molecule has 28 heavy (non-hydrogen) atoms. The van der Waals surface area contributed by atoms with Crippen LogP contribution in [0, 0.1) is 11.6 Å². The van der Waals surface area contributed by atoms with Gasteiger partial charge >= 0.3 is 0 Å². The van der Waals surface area contributed by atoms with Gasteiger partial charge in [0.15, 0.2) is 15.8 Å². The van der Waals surface area contributed by atoms with Crippen LogP contribution in [0.4, 0.5) is 8.78 Å². The monoisotopic (exact) mass is 523 g/mol. The van der Waals surface area contributed by atoms with Crippen molar-refractivity contribution < 1.29 is 17.2 Å². The van der Waals surface area contributed by atoms with Crippen molar-refractivity contribution in [2.24, 2.45) is 4.99 Å². The van der Waals surface area contributed by atoms with Crippen molar-refractivity contribution in [3.8, 4) is 0 Å². The molecule has 2 N–H and O–H groups in total. The van der Waals surface area contributed by atoms with E-state index in [0.717, 1.165) is 23.8 Å². The summed E-state index contributed by atoms with van der Waals surface area (Å²) >= 11 is 0. The molecule has 154 valence electrons. The Morgan fingerprint density at radius 1 is 1.07 bits per heavy atom. The average Bonchev–Trinajstić information content (AvgIpc) is 2.64. The lowest BCUT2D eigenvalue weighted by atomic mass is 10.2. The number of rotatable bonds is 8. The molecule has 0 aromatic heterocycles. The van der Waals surface area contributed by atoms with Crippen molar-refractivity contribution in [2.45, 2.75) is 18.7 Å². The minimum atomic E-state index is -3.20. The van der Waals surface area contributed by atoms with Crippen molar-refractivity contribution in [3.63, 3.8) is 0 Å². The van der Waals surface area contributed by atoms with Crippen LogP contribution in [0.1, 0.15) is 17.5 Å². The lowest BCUT2D eigenvalue weighted by Crippen LogP contribution is -2.38. The maximum atomic E-state index is 13.6. The van der Waals surface area contributed by atoms with E-state index in [9.17, 15) is 17.2 Å². The van der Waals surface area contributed by atoms with E-state index in [4.69, 9.17) is 0 Å². The molecule has 0 atom stereocenters. The van der Waals surface area contributed by atoms with Gasteiger partial charge < -0.3 is 10.6 Å². The van der Waals surface area contributed by atoms with E-state index in [0.29, 0.717) is 18.9 Å². The van der Waals surface area contributed by atoms with Crippen LogP contribution in [0.25, 0.3) is 0 Å². The molecule has 2 aromatic rings. The van der Waals surface area contributed by atoms with Gasteiger partial charge in [-0.05, 0) is 30.2 Å². The molecule has 0 spiro atoms. The fourth-order valence-electron chi connectivity index (χ4n) is 2.48. The van der Waals surface area contributed by atoms with E-state index < -0.39 is 21.5 Å². The third-order valence-electron chi connectivity index (χ3n) is 3.83. The Kier molecular flexibility index (Phi) is 10.4. The molecule has 0 saturated heterocycles. The van der Waals surface area contributed by atoms with E-state index in [1.165, 1.54) is 0 Å². The van der Waals surface area contributed by atoms with Crippen LogP contribution in [-0.4, -0.2) is 33.7 Å². The van der Waals surface area contributed by atoms with E-state index in [2.05, 4.69) is 15.6 Å². The lowest BCUT2D eigenvalue weighted by Gasteiger charge is -2.12. The van der Waals surface area contributed by atoms with Crippen LogP contribution in [-0.2, 0) is 22.1 Å². The molecule has 0 aliphatic carbocycles. The first kappa shape index (κ1) is 24.3. The van der Waals surface area contributed by atoms with Crippen LogP contribution in [0.2, 0.25) is 0 Å². The summed E-state index contributed by atoms with van der Waals surface area (Å²) < 4.78 is 51.1. The quantitative estimate of drug-likeness (QED) is 0.241. The molecule has 0 aliphatic rings. The Labute approximate surface area is 181 Å². The summed E-state index contributed by atoms with van der Waals surface area (Å²) in [6.45, 7) is 0.453. The fourth-order valence-corrected chi connectivity index (χ4v) is 3.91. The summed E-state index contributed by atoms with van der Waals surface area (Å²) in [6, 6.07) is 12.3. The van der Waals surface area contributed by atoms with Crippen molar-refractivity contribution in [2.75, 3.05) is 19.3 Å². The first-order valence-corrected chi connectivity index (χ1v) is 10.3. The topological polar surface area (TPSA) is 70.6 Å². The smallest absolute Gasteiger partial charge is 0.191 e. The van der Waals surface area contributed by atoms with Crippen molar-refractivity contribution in [1.29, 1.82) is 0 Å². The number of aliphatic imine (C=N–C) groups is 1. The molecule has 0 bridgehead atoms. The number of hydrogen-bond donors (Lipinski definition) is 2. The minimum absolute atomic E-state index is 0. The standard InChI is InChI=1S/C19H23F2N3O2S.HI/c1-22-19(24-13-16-12-17(20)8-9-18(16)21)23-10-5-11-27(25,26)14-15-6-3-2-4-7-15;/h2-4,6-9,12H,5,10-11,13-14H2,1H3,(H2,22,23,24);1H. The molecule has 0 unspecified atom stereocenters. The van der Waals surface area contributed by atoms with Crippen LogP contribution in [0.15, 0.2) is 53.5 Å². The predicted molar refractivity (Wildman–Crippen MR) is 119 cm³/mol. The fraction of sp³-hybridized carbons (Fsp3) is 0.316. The second-order valence-electron chi connectivity index (χ2n) is 6.02. The average molecular weight is 523 g/mol. The van der Waals surface area contributed by atoms with E-state index >= 15 is 0 Å². The molecule has 2 aromatic carbocycles. The summed E-state index contributed by atoms with van der Waals surface area (Å²) in [6.07, 6.45) is 0.407. The maximum Gasteiger partial charge on any atom is 0.191 e. The summed E-state index contributed by atoms with van der Waals surface area (Å²) in [5, 5.41) is 5.84. The SMILES string of the molecule is CN=C(NCCCS(=O)(=O)Cc1ccccc1)NCc1cc(F)ccc1F.I. The maximum absolute atomic E-state index is 13.6. The van der Waals surface area contributed by atoms with Crippen LogP contribution < -0.4 is 10.6 Å². The third-order valence-corrected chi connectivity index (χ3v) is 5.52. The third kappa shape index (κ3) is 8.51. The number of sulfone groups is 1. The van der Waals surface area contributed by atoms with Gasteiger partial charge in [-0.3, -0.25) is 4.99 Å². The summed E-state index contributed by atoms with van der Waals surface area (Å²) in [5.41, 5.74) is 0.948. The van der Waals surface area contributed by atoms with Gasteiger partial charge in [0, 0.05) is 25.7 Å². The zero-order valence-corrected chi connectivity index (χ0v) is 18.6. The molecule has 0 radical (unpaired) electrons. The summed E-state index contributed by atoms with van der Waals surface area (Å²) in [5.74, 6) is -0.574. The zero-order chi connectivity index (χ0) is 19.7. The van der Waals surface area contributed by atoms with Gasteiger partial charge in [0.25, 0.3) is 0 Å². The first-order chi connectivity index (χ1) is 12.9. The van der Waals surface area contributed by atoms with E-state index in [-0.39, 0.29) is 47.6 Å². The van der Waals surface area contributed by atoms with Gasteiger partial charge in [-0.2, -0.15) is 0 Å². The highest BCUT2D eigenvalue weighted by molar-refractivity contribution is 14.0. The first-order valence-electron chi connectivity index (χ1n) is 8.52. The number of guanidine groups is 1. The van der Waals surface area contributed by atoms with Gasteiger partial charge in [-0.1, -0.05) is 30.3 Å². The van der Waals surface area contributed by atoms with Crippen molar-refractivity contribution in [3.05, 3.63) is 71.3 Å². The number of halogens is 3. The Morgan fingerprint density at radius 3 is 2.46 bits per heavy atom. The molecule has 0 aliphatic heterocycles. The summed E-state index contributed by atoms with van der Waals surface area (Å²) in [4.78, 5) is 3.99. The van der Waals surface area contributed by atoms with Crippen LogP contribution in [0.3, 0.4) is 0 Å². The van der Waals surface area contributed by atoms with Gasteiger partial charge in [0.1, 0.15) is 11.6 Å². The Morgan fingerprint density at radius 2 is 1.79 bits per heavy atom. The van der Waals surface area contributed by atoms with Crippen molar-refractivity contribution in [1.82, 2.24) is 10.6 Å². The van der Waals surface area contributed by atoms with Gasteiger partial charge in [0.2, 0.25) is 0 Å². The molecule has 5 nitrogen and oxygen atoms in total. The predicted octanol–water partition coefficient (Wildman–Crippen LogP) is 3.25. The minimum Gasteiger partial charge on any atom is -0.356 e. The van der Waals surface area contributed by atoms with Crippen molar-refractivity contribution >= 4 is 39.8 Å². The molecular weight excluding hydrogens is 499 g/mol. The van der Waals surface area contributed by atoms with Gasteiger partial charge in [0.05, 0.1) is 11.5 Å². The van der Waals surface area contributed by atoms with Gasteiger partial charge in [-0.15, -0.1) is 24.0 Å². The molecule has 0 heterocycles. The number of hydrogen-bond acceptors (Lipinski definition) is 3. The lowest BCUT2D eigenvalue weighted by molar-refractivity contribution is 0.580. The number of nitrogens with one attached hydrogen (secondary N) is 2. The Bertz CT molecular complexity index is 878. The van der Waals surface area contributed by atoms with Crippen LogP contribution >= 0.6 is 24.0 Å². The van der Waals surface area contributed by atoms with E-state index in [1.807, 2.05) is 18.2 Å². The summed E-state index contributed by atoms with van der Waals surface area (Å²) in [7, 11) is -1.65. The Hall–Kier alpha value is -1.75. The second kappa shape index (κ2) is 11.9. The van der Waals surface area contributed by atoms with Gasteiger partial charge in [-0.25, -0.2) is 17.2 Å². The molecular formula is C19H24F2IN3O2S. The molecule has 9 heteroatoms. The zero-order valence-electron chi connectivity index (χ0n) is 15.5. The second-order valence-corrected chi connectivity index (χ2v) is 8.20. The molecule has 0 fully saturated rings. The number of benzene rings is 2. The molecule has 0 amide bonds. The highest BCUT2D eigenvalue weighted by Crippen LogP contribution is 2.09. The molecule has 0 saturated carbocycles. The number of nitrogens with zero attached hydrogens (tertiary/aromatic N) is 1. The normalized spacial score (nSPS) is 11.6. The molecule has 2 rings (SSSR count). The van der Waals surface area contributed by atoms with E-state index in [1.54, 1.807) is 19.2 Å². The Balaban J connectivity index is 0.00000392.